The van der Waals surface area contributed by atoms with Gasteiger partial charge in [0.25, 0.3) is 11.8 Å². The van der Waals surface area contributed by atoms with E-state index in [2.05, 4.69) is 38.2 Å². The predicted octanol–water partition coefficient (Wildman–Crippen LogP) is 4.41. The quantitative estimate of drug-likeness (QED) is 0.252. The van der Waals surface area contributed by atoms with E-state index in [-0.39, 0.29) is 17.6 Å². The molecule has 3 amide bonds. The van der Waals surface area contributed by atoms with Crippen LogP contribution in [0.5, 0.6) is 5.75 Å². The maximum atomic E-state index is 13.0. The van der Waals surface area contributed by atoms with Crippen LogP contribution in [0.15, 0.2) is 66.6 Å². The van der Waals surface area contributed by atoms with Crippen molar-refractivity contribution in [3.63, 3.8) is 0 Å². The lowest BCUT2D eigenvalue weighted by molar-refractivity contribution is -0.126. The lowest BCUT2D eigenvalue weighted by atomic mass is 10.0. The molecular weight excluding hydrogens is 558 g/mol. The number of aryl methyl sites for hydroxylation is 1. The second-order valence-corrected chi connectivity index (χ2v) is 10.8. The van der Waals surface area contributed by atoms with Crippen molar-refractivity contribution in [2.24, 2.45) is 5.92 Å². The van der Waals surface area contributed by atoms with Gasteiger partial charge in [-0.3, -0.25) is 19.4 Å². The molecule has 11 nitrogen and oxygen atoms in total. The molecule has 230 valence electrons. The Morgan fingerprint density at radius 3 is 2.52 bits per heavy atom. The van der Waals surface area contributed by atoms with Crippen molar-refractivity contribution in [2.45, 2.75) is 33.2 Å². The predicted molar refractivity (Wildman–Crippen MR) is 171 cm³/mol. The number of pyridine rings is 2. The largest absolute Gasteiger partial charge is 0.494 e. The van der Waals surface area contributed by atoms with E-state index >= 15 is 0 Å². The highest BCUT2D eigenvalue weighted by Gasteiger charge is 2.21. The number of methoxy groups -OCH3 is 1. The van der Waals surface area contributed by atoms with Gasteiger partial charge in [-0.1, -0.05) is 38.0 Å². The van der Waals surface area contributed by atoms with Crippen molar-refractivity contribution in [3.8, 4) is 5.75 Å². The third-order valence-corrected chi connectivity index (χ3v) is 7.15. The van der Waals surface area contributed by atoms with Crippen LogP contribution in [0.2, 0.25) is 0 Å². The minimum absolute atomic E-state index is 0.139. The minimum Gasteiger partial charge on any atom is -0.494 e. The first-order valence-electron chi connectivity index (χ1n) is 14.4. The summed E-state index contributed by atoms with van der Waals surface area (Å²) >= 11 is 0. The first kappa shape index (κ1) is 31.7. The molecule has 44 heavy (non-hydrogen) atoms. The van der Waals surface area contributed by atoms with Crippen molar-refractivity contribution in [1.82, 2.24) is 25.5 Å². The number of carbonyl (C=O) groups is 3. The van der Waals surface area contributed by atoms with Crippen molar-refractivity contribution in [3.05, 3.63) is 89.0 Å². The molecule has 1 saturated carbocycles. The van der Waals surface area contributed by atoms with Gasteiger partial charge in [-0.25, -0.2) is 4.98 Å². The monoisotopic (exact) mass is 597 g/mol. The molecule has 1 fully saturated rings. The highest BCUT2D eigenvalue weighted by Crippen LogP contribution is 2.37. The second kappa shape index (κ2) is 14.8. The summed E-state index contributed by atoms with van der Waals surface area (Å²) in [6.07, 6.45) is 10.2. The lowest BCUT2D eigenvalue weighted by Crippen LogP contribution is -2.35. The first-order valence-corrected chi connectivity index (χ1v) is 14.4. The number of benzene rings is 1. The topological polar surface area (TPSA) is 138 Å². The molecule has 0 bridgehead atoms. The van der Waals surface area contributed by atoms with Crippen molar-refractivity contribution in [2.75, 3.05) is 38.4 Å². The summed E-state index contributed by atoms with van der Waals surface area (Å²) in [5, 5.41) is 11.5. The fourth-order valence-electron chi connectivity index (χ4n) is 4.46. The van der Waals surface area contributed by atoms with Crippen LogP contribution >= 0.6 is 0 Å². The number of dihydropyridines is 1. The zero-order valence-corrected chi connectivity index (χ0v) is 25.7. The lowest BCUT2D eigenvalue weighted by Gasteiger charge is -2.23. The van der Waals surface area contributed by atoms with Crippen LogP contribution in [-0.2, 0) is 16.1 Å². The highest BCUT2D eigenvalue weighted by molar-refractivity contribution is 6.01. The Morgan fingerprint density at radius 1 is 1.14 bits per heavy atom. The summed E-state index contributed by atoms with van der Waals surface area (Å²) in [5.74, 6) is 1.43. The maximum absolute atomic E-state index is 13.0. The summed E-state index contributed by atoms with van der Waals surface area (Å²) in [6.45, 7) is 5.07. The van der Waals surface area contributed by atoms with Crippen LogP contribution in [0.3, 0.4) is 0 Å². The highest BCUT2D eigenvalue weighted by atomic mass is 16.5. The Balaban J connectivity index is 0.00000102. The molecule has 0 radical (unpaired) electrons. The standard InChI is InChI=1S/C29H31N7O4.C4H8/c1-18-10-11-31-20(12-18)16-36(3)29(39)24-9-8-19(14-32-24)21-6-5-7-23(27(21)40-4)35-25-13-26(34-17-37)33-15-22(25)28(38)30-2;1-4-2-3-4/h5-13,15,17,32H,14,16H2,1-4H3,(H,30,38)(H2,33,34,35,37);4H,2-3H2,1H3. The SMILES string of the molecule is CC1CC1.CNC(=O)c1cnc(NC=O)cc1Nc1cccc(C2=CC=C(C(=O)N(C)Cc3cc(C)ccn3)NC2)c1OC. The molecule has 4 N–H and O–H groups in total. The molecule has 0 atom stereocenters. The van der Waals surface area contributed by atoms with Crippen molar-refractivity contribution >= 4 is 41.0 Å². The maximum Gasteiger partial charge on any atom is 0.270 e. The minimum atomic E-state index is -0.340. The van der Waals surface area contributed by atoms with E-state index in [0.29, 0.717) is 47.9 Å². The van der Waals surface area contributed by atoms with Gasteiger partial charge >= 0.3 is 0 Å². The molecule has 0 saturated heterocycles. The zero-order valence-electron chi connectivity index (χ0n) is 25.7. The van der Waals surface area contributed by atoms with E-state index in [4.69, 9.17) is 4.74 Å². The molecular formula is C33H39N7O4. The Labute approximate surface area is 257 Å². The van der Waals surface area contributed by atoms with E-state index in [9.17, 15) is 14.4 Å². The molecule has 2 aliphatic rings. The van der Waals surface area contributed by atoms with E-state index in [0.717, 1.165) is 28.3 Å². The van der Waals surface area contributed by atoms with Gasteiger partial charge in [-0.2, -0.15) is 0 Å². The molecule has 0 unspecified atom stereocenters. The van der Waals surface area contributed by atoms with Crippen LogP contribution in [0.25, 0.3) is 5.57 Å². The third kappa shape index (κ3) is 8.21. The number of hydrogen-bond acceptors (Lipinski definition) is 8. The van der Waals surface area contributed by atoms with Crippen molar-refractivity contribution in [1.29, 1.82) is 0 Å². The van der Waals surface area contributed by atoms with Gasteiger partial charge in [0.2, 0.25) is 6.41 Å². The number of ether oxygens (including phenoxy) is 1. The normalized spacial score (nSPS) is 13.6. The molecule has 1 aliphatic heterocycles. The van der Waals surface area contributed by atoms with Gasteiger partial charge < -0.3 is 30.9 Å². The molecule has 2 aromatic heterocycles. The molecule has 0 spiro atoms. The third-order valence-electron chi connectivity index (χ3n) is 7.15. The summed E-state index contributed by atoms with van der Waals surface area (Å²) in [4.78, 5) is 46.5. The molecule has 1 aromatic carbocycles. The molecule has 3 heterocycles. The van der Waals surface area contributed by atoms with Crippen LogP contribution in [-0.4, -0.2) is 60.8 Å². The Kier molecular flexibility index (Phi) is 10.7. The zero-order chi connectivity index (χ0) is 31.6. The number of hydrogen-bond donors (Lipinski definition) is 4. The van der Waals surface area contributed by atoms with Crippen LogP contribution in [0.1, 0.15) is 46.9 Å². The summed E-state index contributed by atoms with van der Waals surface area (Å²) < 4.78 is 5.77. The number of aromatic nitrogens is 2. The number of para-hydroxylation sites is 1. The molecule has 1 aliphatic carbocycles. The molecule has 5 rings (SSSR count). The Bertz CT molecular complexity index is 1580. The summed E-state index contributed by atoms with van der Waals surface area (Å²) in [7, 11) is 4.83. The number of nitrogens with zero attached hydrogens (tertiary/aromatic N) is 3. The van der Waals surface area contributed by atoms with Gasteiger partial charge in [-0.05, 0) is 48.3 Å². The van der Waals surface area contributed by atoms with Gasteiger partial charge in [-0.15, -0.1) is 0 Å². The van der Waals surface area contributed by atoms with Crippen molar-refractivity contribution < 1.29 is 19.1 Å². The number of amides is 3. The van der Waals surface area contributed by atoms with Gasteiger partial charge in [0, 0.05) is 44.7 Å². The Morgan fingerprint density at radius 2 is 1.91 bits per heavy atom. The number of rotatable bonds is 10. The second-order valence-electron chi connectivity index (χ2n) is 10.8. The van der Waals surface area contributed by atoms with Gasteiger partial charge in [0.15, 0.2) is 0 Å². The molecule has 11 heteroatoms. The average Bonchev–Trinajstić information content (AvgIpc) is 3.82. The van der Waals surface area contributed by atoms with E-state index < -0.39 is 0 Å². The fourth-order valence-corrected chi connectivity index (χ4v) is 4.46. The van der Waals surface area contributed by atoms with Gasteiger partial charge in [0.1, 0.15) is 17.3 Å². The Hall–Kier alpha value is -5.19. The molecule has 3 aromatic rings. The van der Waals surface area contributed by atoms with E-state index in [1.807, 2.05) is 43.3 Å². The first-order chi connectivity index (χ1) is 21.2. The number of anilines is 3. The summed E-state index contributed by atoms with van der Waals surface area (Å²) in [6, 6.07) is 11.0. The number of carbonyl (C=O) groups excluding carboxylic acids is 3. The van der Waals surface area contributed by atoms with Crippen LogP contribution < -0.4 is 26.0 Å². The van der Waals surface area contributed by atoms with Gasteiger partial charge in [0.05, 0.1) is 36.3 Å². The fraction of sp³-hybridized carbons (Fsp3) is 0.303. The van der Waals surface area contributed by atoms with Crippen LogP contribution in [0.4, 0.5) is 17.2 Å². The van der Waals surface area contributed by atoms with E-state index in [1.165, 1.54) is 26.1 Å². The average molecular weight is 598 g/mol. The smallest absolute Gasteiger partial charge is 0.270 e. The number of likely N-dealkylation sites (N-methyl/N-ethyl adjacent to an activating group) is 1. The van der Waals surface area contributed by atoms with Crippen LogP contribution in [0, 0.1) is 12.8 Å². The summed E-state index contributed by atoms with van der Waals surface area (Å²) in [5.41, 5.74) is 5.43. The number of nitrogens with one attached hydrogen (secondary N) is 4. The van der Waals surface area contributed by atoms with E-state index in [1.54, 1.807) is 37.4 Å². The number of allylic oxidation sites excluding steroid dienone is 2.